The van der Waals surface area contributed by atoms with Crippen molar-refractivity contribution in [2.75, 3.05) is 26.7 Å². The molecule has 0 bridgehead atoms. The Kier molecular flexibility index (Phi) is 8.00. The largest absolute Gasteiger partial charge is 0.494 e. The fourth-order valence-electron chi connectivity index (χ4n) is 3.73. The van der Waals surface area contributed by atoms with Crippen molar-refractivity contribution in [3.8, 4) is 17.0 Å². The number of carbonyl (C=O) groups is 2. The van der Waals surface area contributed by atoms with E-state index in [4.69, 9.17) is 9.47 Å². The minimum atomic E-state index is -0.512. The first kappa shape index (κ1) is 24.6. The predicted octanol–water partition coefficient (Wildman–Crippen LogP) is 5.03. The number of nitrogens with zero attached hydrogens (tertiary/aromatic N) is 4. The minimum absolute atomic E-state index is 0.0570. The third-order valence-corrected chi connectivity index (χ3v) is 5.69. The molecule has 3 rings (SSSR count). The van der Waals surface area contributed by atoms with Gasteiger partial charge in [-0.05, 0) is 64.3 Å². The molecule has 2 amide bonds. The van der Waals surface area contributed by atoms with Crippen LogP contribution in [-0.4, -0.2) is 69.9 Å². The maximum atomic E-state index is 13.0. The smallest absolute Gasteiger partial charge is 0.410 e. The quantitative estimate of drug-likeness (QED) is 0.570. The molecule has 1 aliphatic heterocycles. The van der Waals surface area contributed by atoms with Crippen molar-refractivity contribution < 1.29 is 19.1 Å². The number of carbonyl (C=O) groups excluding carboxylic acids is 2. The van der Waals surface area contributed by atoms with E-state index in [9.17, 15) is 9.59 Å². The Bertz CT molecular complexity index is 925. The maximum Gasteiger partial charge on any atom is 0.410 e. The second kappa shape index (κ2) is 10.7. The average molecular weight is 457 g/mol. The molecule has 0 N–H and O–H groups in total. The van der Waals surface area contributed by atoms with Crippen LogP contribution in [0.5, 0.6) is 5.75 Å². The molecular weight excluding hydrogens is 420 g/mol. The molecule has 1 aromatic heterocycles. The third-order valence-electron chi connectivity index (χ3n) is 5.69. The third kappa shape index (κ3) is 6.73. The molecule has 0 radical (unpaired) electrons. The van der Waals surface area contributed by atoms with E-state index in [1.165, 1.54) is 4.57 Å². The van der Waals surface area contributed by atoms with Crippen LogP contribution in [-0.2, 0) is 4.74 Å². The Morgan fingerprint density at radius 1 is 1.15 bits per heavy atom. The Labute approximate surface area is 196 Å². The number of unbranched alkanes of at least 4 members (excludes halogenated alkanes) is 1. The lowest BCUT2D eigenvalue weighted by molar-refractivity contribution is 0.0172. The zero-order valence-corrected chi connectivity index (χ0v) is 20.4. The predicted molar refractivity (Wildman–Crippen MR) is 127 cm³/mol. The van der Waals surface area contributed by atoms with Crippen molar-refractivity contribution in [1.29, 1.82) is 0 Å². The average Bonchev–Trinajstić information content (AvgIpc) is 3.28. The molecule has 0 saturated carbocycles. The summed E-state index contributed by atoms with van der Waals surface area (Å²) in [5.74, 6) is 0.833. The summed E-state index contributed by atoms with van der Waals surface area (Å²) in [6.45, 7) is 9.56. The Balaban J connectivity index is 1.55. The molecule has 0 unspecified atom stereocenters. The van der Waals surface area contributed by atoms with E-state index >= 15 is 0 Å². The highest BCUT2D eigenvalue weighted by atomic mass is 16.6. The Morgan fingerprint density at radius 3 is 2.42 bits per heavy atom. The fraction of sp³-hybridized carbons (Fsp3) is 0.560. The fourth-order valence-corrected chi connectivity index (χ4v) is 3.73. The van der Waals surface area contributed by atoms with E-state index in [-0.39, 0.29) is 18.2 Å². The molecular formula is C25H36N4O4. The van der Waals surface area contributed by atoms with E-state index in [1.807, 2.05) is 45.0 Å². The topological polar surface area (TPSA) is 76.9 Å². The van der Waals surface area contributed by atoms with E-state index in [1.54, 1.807) is 29.4 Å². The van der Waals surface area contributed by atoms with E-state index in [0.29, 0.717) is 32.5 Å². The molecule has 0 spiro atoms. The van der Waals surface area contributed by atoms with Crippen LogP contribution in [0.4, 0.5) is 9.59 Å². The van der Waals surface area contributed by atoms with Crippen molar-refractivity contribution in [2.45, 2.75) is 65.0 Å². The van der Waals surface area contributed by atoms with Gasteiger partial charge in [-0.15, -0.1) is 0 Å². The molecule has 1 fully saturated rings. The summed E-state index contributed by atoms with van der Waals surface area (Å²) in [7, 11) is 1.80. The lowest BCUT2D eigenvalue weighted by Gasteiger charge is -2.37. The second-order valence-corrected chi connectivity index (χ2v) is 9.48. The van der Waals surface area contributed by atoms with Gasteiger partial charge < -0.3 is 19.3 Å². The number of imidazole rings is 1. The number of piperidine rings is 1. The molecule has 0 atom stereocenters. The van der Waals surface area contributed by atoms with Crippen LogP contribution in [0.2, 0.25) is 0 Å². The molecule has 0 aliphatic carbocycles. The van der Waals surface area contributed by atoms with Crippen LogP contribution in [0.25, 0.3) is 11.3 Å². The van der Waals surface area contributed by atoms with Crippen LogP contribution in [0.3, 0.4) is 0 Å². The lowest BCUT2D eigenvalue weighted by Crippen LogP contribution is -2.49. The molecule has 1 aliphatic rings. The monoisotopic (exact) mass is 456 g/mol. The minimum Gasteiger partial charge on any atom is -0.494 e. The zero-order valence-electron chi connectivity index (χ0n) is 20.4. The normalized spacial score (nSPS) is 14.8. The summed E-state index contributed by atoms with van der Waals surface area (Å²) in [6, 6.07) is 7.68. The van der Waals surface area contributed by atoms with Gasteiger partial charge in [-0.1, -0.05) is 13.3 Å². The number of hydrogen-bond acceptors (Lipinski definition) is 5. The summed E-state index contributed by atoms with van der Waals surface area (Å²) >= 11 is 0. The SMILES string of the molecule is CCCCOc1ccc(-c2cn(C(=O)N(C)C3CCN(C(=O)OC(C)(C)C)CC3)cn2)cc1. The molecule has 8 nitrogen and oxygen atoms in total. The summed E-state index contributed by atoms with van der Waals surface area (Å²) < 4.78 is 12.7. The second-order valence-electron chi connectivity index (χ2n) is 9.48. The van der Waals surface area contributed by atoms with Crippen LogP contribution in [0.1, 0.15) is 53.4 Å². The number of likely N-dealkylation sites (tertiary alicyclic amines) is 1. The molecule has 1 saturated heterocycles. The first-order valence-electron chi connectivity index (χ1n) is 11.7. The van der Waals surface area contributed by atoms with Crippen molar-refractivity contribution in [2.24, 2.45) is 0 Å². The van der Waals surface area contributed by atoms with Crippen molar-refractivity contribution in [1.82, 2.24) is 19.4 Å². The van der Waals surface area contributed by atoms with Crippen molar-refractivity contribution in [3.63, 3.8) is 0 Å². The van der Waals surface area contributed by atoms with Gasteiger partial charge in [-0.3, -0.25) is 4.57 Å². The number of rotatable bonds is 6. The maximum absolute atomic E-state index is 13.0. The molecule has 180 valence electrons. The van der Waals surface area contributed by atoms with Gasteiger partial charge in [-0.2, -0.15) is 0 Å². The van der Waals surface area contributed by atoms with Gasteiger partial charge in [0, 0.05) is 37.9 Å². The van der Waals surface area contributed by atoms with Crippen LogP contribution in [0.15, 0.2) is 36.8 Å². The summed E-state index contributed by atoms with van der Waals surface area (Å²) in [4.78, 5) is 33.2. The first-order valence-corrected chi connectivity index (χ1v) is 11.7. The number of amides is 2. The van der Waals surface area contributed by atoms with Gasteiger partial charge in [0.25, 0.3) is 0 Å². The summed E-state index contributed by atoms with van der Waals surface area (Å²) in [5, 5.41) is 0. The van der Waals surface area contributed by atoms with Gasteiger partial charge in [0.1, 0.15) is 17.7 Å². The molecule has 2 heterocycles. The van der Waals surface area contributed by atoms with E-state index in [2.05, 4.69) is 11.9 Å². The Morgan fingerprint density at radius 2 is 1.82 bits per heavy atom. The van der Waals surface area contributed by atoms with Crippen LogP contribution >= 0.6 is 0 Å². The van der Waals surface area contributed by atoms with E-state index < -0.39 is 5.60 Å². The lowest BCUT2D eigenvalue weighted by atomic mass is 10.0. The van der Waals surface area contributed by atoms with Crippen molar-refractivity contribution >= 4 is 12.1 Å². The number of aromatic nitrogens is 2. The molecule has 33 heavy (non-hydrogen) atoms. The highest BCUT2D eigenvalue weighted by molar-refractivity contribution is 5.78. The zero-order chi connectivity index (χ0) is 24.0. The van der Waals surface area contributed by atoms with Gasteiger partial charge in [0.15, 0.2) is 0 Å². The Hall–Kier alpha value is -3.03. The van der Waals surface area contributed by atoms with Gasteiger partial charge in [-0.25, -0.2) is 14.6 Å². The highest BCUT2D eigenvalue weighted by Crippen LogP contribution is 2.23. The first-order chi connectivity index (χ1) is 15.7. The number of hydrogen-bond donors (Lipinski definition) is 0. The summed E-state index contributed by atoms with van der Waals surface area (Å²) in [5.41, 5.74) is 1.15. The molecule has 2 aromatic rings. The molecule has 1 aromatic carbocycles. The van der Waals surface area contributed by atoms with Crippen LogP contribution in [0, 0.1) is 0 Å². The van der Waals surface area contributed by atoms with Crippen LogP contribution < -0.4 is 4.74 Å². The summed E-state index contributed by atoms with van der Waals surface area (Å²) in [6.07, 6.45) is 6.56. The van der Waals surface area contributed by atoms with Crippen molar-refractivity contribution in [3.05, 3.63) is 36.8 Å². The number of ether oxygens (including phenoxy) is 2. The van der Waals surface area contributed by atoms with Gasteiger partial charge in [0.2, 0.25) is 0 Å². The van der Waals surface area contributed by atoms with E-state index in [0.717, 1.165) is 29.8 Å². The molecule has 8 heteroatoms. The van der Waals surface area contributed by atoms with Gasteiger partial charge >= 0.3 is 12.1 Å². The standard InChI is InChI=1S/C25H36N4O4/c1-6-7-16-32-21-10-8-19(9-11-21)22-17-29(18-26-22)23(30)27(5)20-12-14-28(15-13-20)24(31)33-25(2,3)4/h8-11,17-18,20H,6-7,12-16H2,1-5H3. The number of benzene rings is 1. The highest BCUT2D eigenvalue weighted by Gasteiger charge is 2.30. The van der Waals surface area contributed by atoms with Gasteiger partial charge in [0.05, 0.1) is 12.3 Å².